The van der Waals surface area contributed by atoms with E-state index in [4.69, 9.17) is 0 Å². The molecule has 96 valence electrons. The number of aromatic hydroxyl groups is 1. The van der Waals surface area contributed by atoms with E-state index < -0.39 is 11.9 Å². The lowest BCUT2D eigenvalue weighted by atomic mass is 9.75. The summed E-state index contributed by atoms with van der Waals surface area (Å²) in [5.74, 6) is -1.22. The maximum Gasteiger partial charge on any atom is 0.311 e. The molecule has 0 radical (unpaired) electrons. The lowest BCUT2D eigenvalue weighted by Crippen LogP contribution is -2.50. The number of rotatable bonds is 1. The Kier molecular flexibility index (Phi) is 2.63. The van der Waals surface area contributed by atoms with Crippen LogP contribution >= 0.6 is 0 Å². The molecule has 2 heterocycles. The topological polar surface area (TPSA) is 81.6 Å². The van der Waals surface area contributed by atoms with Crippen LogP contribution in [0.3, 0.4) is 0 Å². The number of piperidine rings is 1. The molecule has 3 rings (SSSR count). The third-order valence-corrected chi connectivity index (χ3v) is 3.93. The summed E-state index contributed by atoms with van der Waals surface area (Å²) < 4.78 is 0. The molecule has 0 aliphatic carbocycles. The van der Waals surface area contributed by atoms with Crippen molar-refractivity contribution in [1.82, 2.24) is 5.32 Å². The van der Waals surface area contributed by atoms with Crippen LogP contribution in [-0.2, 0) is 4.79 Å². The molecule has 1 saturated heterocycles. The Labute approximate surface area is 105 Å². The zero-order valence-electron chi connectivity index (χ0n) is 9.89. The molecule has 5 nitrogen and oxygen atoms in total. The molecule has 2 aliphatic heterocycles. The van der Waals surface area contributed by atoms with Crippen molar-refractivity contribution in [3.8, 4) is 5.75 Å². The number of hydrogen-bond acceptors (Lipinski definition) is 4. The van der Waals surface area contributed by atoms with Gasteiger partial charge >= 0.3 is 5.97 Å². The van der Waals surface area contributed by atoms with E-state index in [2.05, 4.69) is 10.6 Å². The van der Waals surface area contributed by atoms with Gasteiger partial charge in [-0.3, -0.25) is 4.79 Å². The average molecular weight is 248 g/mol. The molecule has 0 spiro atoms. The number of aliphatic carboxylic acids is 1. The van der Waals surface area contributed by atoms with Crippen LogP contribution in [0.25, 0.3) is 0 Å². The quantitative estimate of drug-likeness (QED) is 0.557. The Balaban J connectivity index is 2.07. The van der Waals surface area contributed by atoms with Crippen molar-refractivity contribution in [2.45, 2.75) is 18.4 Å². The normalized spacial score (nSPS) is 29.9. The van der Waals surface area contributed by atoms with Crippen molar-refractivity contribution in [3.05, 3.63) is 23.8 Å². The highest BCUT2D eigenvalue weighted by molar-refractivity contribution is 5.81. The fraction of sp³-hybridized carbons (Fsp3) is 0.462. The Morgan fingerprint density at radius 2 is 2.22 bits per heavy atom. The predicted molar refractivity (Wildman–Crippen MR) is 66.9 cm³/mol. The number of phenols is 1. The molecule has 1 aromatic rings. The molecule has 1 aromatic carbocycles. The molecule has 0 saturated carbocycles. The number of carbonyl (C=O) groups is 1. The number of anilines is 1. The molecule has 1 fully saturated rings. The second kappa shape index (κ2) is 4.17. The number of nitrogens with one attached hydrogen (secondary N) is 2. The molecular weight excluding hydrogens is 232 g/mol. The van der Waals surface area contributed by atoms with Gasteiger partial charge in [-0.2, -0.15) is 0 Å². The van der Waals surface area contributed by atoms with Crippen LogP contribution in [0.1, 0.15) is 17.9 Å². The van der Waals surface area contributed by atoms with E-state index in [9.17, 15) is 15.0 Å². The third-order valence-electron chi connectivity index (χ3n) is 3.93. The van der Waals surface area contributed by atoms with Crippen molar-refractivity contribution in [2.75, 3.05) is 18.4 Å². The fourth-order valence-electron chi connectivity index (χ4n) is 3.10. The van der Waals surface area contributed by atoms with Crippen LogP contribution < -0.4 is 10.6 Å². The lowest BCUT2D eigenvalue weighted by molar-refractivity contribution is -0.140. The third kappa shape index (κ3) is 1.71. The molecule has 3 atom stereocenters. The van der Waals surface area contributed by atoms with Crippen molar-refractivity contribution < 1.29 is 15.0 Å². The average Bonchev–Trinajstić information content (AvgIpc) is 2.35. The zero-order valence-corrected chi connectivity index (χ0v) is 9.89. The molecule has 5 heteroatoms. The summed E-state index contributed by atoms with van der Waals surface area (Å²) in [7, 11) is 0. The summed E-state index contributed by atoms with van der Waals surface area (Å²) in [5.41, 5.74) is 1.52. The van der Waals surface area contributed by atoms with E-state index in [0.717, 1.165) is 18.7 Å². The van der Waals surface area contributed by atoms with Gasteiger partial charge in [-0.1, -0.05) is 0 Å². The van der Waals surface area contributed by atoms with Crippen LogP contribution in [-0.4, -0.2) is 35.3 Å². The molecular formula is C13H16N2O3. The highest BCUT2D eigenvalue weighted by atomic mass is 16.4. The zero-order chi connectivity index (χ0) is 12.7. The van der Waals surface area contributed by atoms with Crippen molar-refractivity contribution in [3.63, 3.8) is 0 Å². The van der Waals surface area contributed by atoms with Crippen LogP contribution in [0.15, 0.2) is 18.2 Å². The first kappa shape index (κ1) is 11.3. The van der Waals surface area contributed by atoms with E-state index in [0.29, 0.717) is 12.1 Å². The highest BCUT2D eigenvalue weighted by Crippen LogP contribution is 2.41. The molecule has 0 amide bonds. The van der Waals surface area contributed by atoms with Crippen molar-refractivity contribution in [2.24, 2.45) is 5.92 Å². The van der Waals surface area contributed by atoms with E-state index in [1.807, 2.05) is 0 Å². The summed E-state index contributed by atoms with van der Waals surface area (Å²) >= 11 is 0. The van der Waals surface area contributed by atoms with Gasteiger partial charge in [0, 0.05) is 24.2 Å². The first-order valence-electron chi connectivity index (χ1n) is 6.20. The number of benzene rings is 1. The van der Waals surface area contributed by atoms with Crippen LogP contribution in [0.4, 0.5) is 5.69 Å². The summed E-state index contributed by atoms with van der Waals surface area (Å²) in [6.07, 6.45) is 0.925. The number of fused-ring (bicyclic) bond motifs is 2. The molecule has 0 aromatic heterocycles. The minimum absolute atomic E-state index is 0.0329. The van der Waals surface area contributed by atoms with Crippen LogP contribution in [0, 0.1) is 5.92 Å². The van der Waals surface area contributed by atoms with Gasteiger partial charge in [0.05, 0.1) is 5.92 Å². The Bertz CT molecular complexity index is 489. The van der Waals surface area contributed by atoms with Crippen LogP contribution in [0.5, 0.6) is 5.75 Å². The molecule has 3 unspecified atom stereocenters. The molecule has 4 N–H and O–H groups in total. The second-order valence-electron chi connectivity index (χ2n) is 4.99. The standard InChI is InChI=1S/C13H16N2O3/c16-7-1-2-10-8(5-7)12(13(17)18)9-6-14-4-3-11(9)15-10/h1-2,5,9,11-12,14-16H,3-4,6H2,(H,17,18). The first-order chi connectivity index (χ1) is 8.66. The van der Waals surface area contributed by atoms with E-state index >= 15 is 0 Å². The van der Waals surface area contributed by atoms with Gasteiger partial charge < -0.3 is 20.8 Å². The summed E-state index contributed by atoms with van der Waals surface area (Å²) in [6, 6.07) is 5.11. The molecule has 18 heavy (non-hydrogen) atoms. The molecule has 2 aliphatic rings. The SMILES string of the molecule is O=C(O)C1c2cc(O)ccc2NC2CCNCC21. The van der Waals surface area contributed by atoms with Gasteiger partial charge in [0.15, 0.2) is 0 Å². The first-order valence-corrected chi connectivity index (χ1v) is 6.20. The van der Waals surface area contributed by atoms with E-state index in [-0.39, 0.29) is 17.7 Å². The largest absolute Gasteiger partial charge is 0.508 e. The van der Waals surface area contributed by atoms with Gasteiger partial charge in [-0.15, -0.1) is 0 Å². The minimum atomic E-state index is -0.818. The fourth-order valence-corrected chi connectivity index (χ4v) is 3.10. The van der Waals surface area contributed by atoms with Gasteiger partial charge in [0.25, 0.3) is 0 Å². The summed E-state index contributed by atoms with van der Waals surface area (Å²) in [6.45, 7) is 1.61. The van der Waals surface area contributed by atoms with E-state index in [1.54, 1.807) is 18.2 Å². The number of phenolic OH excluding ortho intramolecular Hbond substituents is 1. The molecule has 0 bridgehead atoms. The summed E-state index contributed by atoms with van der Waals surface area (Å²) in [4.78, 5) is 11.5. The summed E-state index contributed by atoms with van der Waals surface area (Å²) in [5, 5.41) is 25.7. The van der Waals surface area contributed by atoms with Crippen molar-refractivity contribution in [1.29, 1.82) is 0 Å². The number of hydrogen-bond donors (Lipinski definition) is 4. The van der Waals surface area contributed by atoms with Gasteiger partial charge in [0.2, 0.25) is 0 Å². The van der Waals surface area contributed by atoms with Gasteiger partial charge in [-0.25, -0.2) is 0 Å². The number of carboxylic acids is 1. The Morgan fingerprint density at radius 3 is 3.00 bits per heavy atom. The van der Waals surface area contributed by atoms with Crippen LogP contribution in [0.2, 0.25) is 0 Å². The Hall–Kier alpha value is -1.75. The Morgan fingerprint density at radius 1 is 1.39 bits per heavy atom. The second-order valence-corrected chi connectivity index (χ2v) is 4.99. The van der Waals surface area contributed by atoms with E-state index in [1.165, 1.54) is 0 Å². The predicted octanol–water partition coefficient (Wildman–Crippen LogP) is 0.964. The van der Waals surface area contributed by atoms with Gasteiger partial charge in [-0.05, 0) is 36.7 Å². The maximum absolute atomic E-state index is 11.5. The monoisotopic (exact) mass is 248 g/mol. The lowest BCUT2D eigenvalue weighted by Gasteiger charge is -2.42. The highest BCUT2D eigenvalue weighted by Gasteiger charge is 2.41. The maximum atomic E-state index is 11.5. The smallest absolute Gasteiger partial charge is 0.311 e. The van der Waals surface area contributed by atoms with Gasteiger partial charge in [0.1, 0.15) is 5.75 Å². The minimum Gasteiger partial charge on any atom is -0.508 e. The van der Waals surface area contributed by atoms with Crippen molar-refractivity contribution >= 4 is 11.7 Å². The number of carboxylic acid groups (broad SMARTS) is 1.